The summed E-state index contributed by atoms with van der Waals surface area (Å²) in [6.07, 6.45) is 2.14. The van der Waals surface area contributed by atoms with E-state index in [1.165, 1.54) is 11.8 Å². The van der Waals surface area contributed by atoms with Crippen molar-refractivity contribution >= 4 is 23.6 Å². The lowest BCUT2D eigenvalue weighted by Gasteiger charge is -2.15. The van der Waals surface area contributed by atoms with Gasteiger partial charge in [-0.3, -0.25) is 4.79 Å². The second-order valence-corrected chi connectivity index (χ2v) is 7.65. The van der Waals surface area contributed by atoms with Crippen molar-refractivity contribution in [2.45, 2.75) is 24.3 Å². The van der Waals surface area contributed by atoms with Gasteiger partial charge in [0, 0.05) is 18.0 Å². The quantitative estimate of drug-likeness (QED) is 0.547. The Kier molecular flexibility index (Phi) is 5.71. The first-order valence-corrected chi connectivity index (χ1v) is 10.2. The van der Waals surface area contributed by atoms with Gasteiger partial charge in [-0.2, -0.15) is 0 Å². The van der Waals surface area contributed by atoms with E-state index >= 15 is 0 Å². The monoisotopic (exact) mass is 399 g/mol. The maximum Gasteiger partial charge on any atom is 0.339 e. The molecule has 2 heterocycles. The molecule has 0 atom stereocenters. The summed E-state index contributed by atoms with van der Waals surface area (Å²) >= 11 is 1.38. The predicted octanol–water partition coefficient (Wildman–Crippen LogP) is 3.49. The van der Waals surface area contributed by atoms with Gasteiger partial charge in [-0.25, -0.2) is 4.79 Å². The molecule has 28 heavy (non-hydrogen) atoms. The molecule has 2 aromatic carbocycles. The van der Waals surface area contributed by atoms with Gasteiger partial charge in [0.1, 0.15) is 6.61 Å². The van der Waals surface area contributed by atoms with E-state index in [0.29, 0.717) is 22.8 Å². The number of thioether (sulfide) groups is 1. The fourth-order valence-electron chi connectivity index (χ4n) is 3.22. The Labute approximate surface area is 167 Å². The zero-order chi connectivity index (χ0) is 19.3. The molecule has 2 aliphatic rings. The van der Waals surface area contributed by atoms with Crippen molar-refractivity contribution in [2.24, 2.45) is 0 Å². The molecule has 0 spiro atoms. The Bertz CT molecular complexity index is 879. The number of amides is 1. The van der Waals surface area contributed by atoms with Crippen LogP contribution in [0.5, 0.6) is 11.5 Å². The van der Waals surface area contributed by atoms with E-state index in [0.717, 1.165) is 36.4 Å². The smallest absolute Gasteiger partial charge is 0.339 e. The number of fused-ring (bicyclic) bond motifs is 1. The molecular formula is C21H21NO5S. The lowest BCUT2D eigenvalue weighted by atomic mass is 10.2. The molecule has 7 heteroatoms. The topological polar surface area (TPSA) is 65.1 Å². The third-order valence-corrected chi connectivity index (χ3v) is 5.78. The second kappa shape index (κ2) is 8.56. The zero-order valence-electron chi connectivity index (χ0n) is 15.4. The molecule has 0 N–H and O–H groups in total. The molecule has 2 aromatic rings. The second-order valence-electron chi connectivity index (χ2n) is 6.64. The summed E-state index contributed by atoms with van der Waals surface area (Å²) in [6, 6.07) is 12.7. The molecule has 0 aromatic heterocycles. The lowest BCUT2D eigenvalue weighted by molar-refractivity contribution is -0.127. The van der Waals surface area contributed by atoms with Crippen molar-refractivity contribution in [2.75, 3.05) is 25.6 Å². The van der Waals surface area contributed by atoms with Gasteiger partial charge >= 0.3 is 5.97 Å². The van der Waals surface area contributed by atoms with Gasteiger partial charge in [0.15, 0.2) is 11.5 Å². The molecule has 146 valence electrons. The minimum absolute atomic E-state index is 0.117. The third-order valence-electron chi connectivity index (χ3n) is 4.72. The van der Waals surface area contributed by atoms with E-state index in [-0.39, 0.29) is 19.3 Å². The molecule has 1 amide bonds. The van der Waals surface area contributed by atoms with Gasteiger partial charge in [0.25, 0.3) is 0 Å². The number of carbonyl (C=O) groups is 2. The maximum atomic E-state index is 12.6. The van der Waals surface area contributed by atoms with Crippen LogP contribution in [0.15, 0.2) is 47.4 Å². The van der Waals surface area contributed by atoms with Crippen LogP contribution in [0.2, 0.25) is 0 Å². The number of nitrogens with zero attached hydrogens (tertiary/aromatic N) is 1. The van der Waals surface area contributed by atoms with Crippen molar-refractivity contribution in [3.8, 4) is 11.5 Å². The van der Waals surface area contributed by atoms with Crippen LogP contribution >= 0.6 is 11.8 Å². The Balaban J connectivity index is 1.36. The summed E-state index contributed by atoms with van der Waals surface area (Å²) in [6.45, 7) is 2.01. The largest absolute Gasteiger partial charge is 0.457 e. The van der Waals surface area contributed by atoms with Gasteiger partial charge < -0.3 is 19.1 Å². The first kappa shape index (κ1) is 18.7. The minimum atomic E-state index is -0.408. The van der Waals surface area contributed by atoms with E-state index < -0.39 is 5.97 Å². The number of esters is 1. The van der Waals surface area contributed by atoms with Crippen LogP contribution < -0.4 is 9.47 Å². The first-order chi connectivity index (χ1) is 13.7. The highest BCUT2D eigenvalue weighted by Crippen LogP contribution is 2.33. The third kappa shape index (κ3) is 4.25. The van der Waals surface area contributed by atoms with Gasteiger partial charge in [0.2, 0.25) is 12.7 Å². The molecule has 6 nitrogen and oxygen atoms in total. The summed E-state index contributed by atoms with van der Waals surface area (Å²) in [4.78, 5) is 27.5. The molecule has 0 radical (unpaired) electrons. The molecule has 0 bridgehead atoms. The van der Waals surface area contributed by atoms with Gasteiger partial charge in [-0.1, -0.05) is 18.2 Å². The highest BCUT2D eigenvalue weighted by molar-refractivity contribution is 8.00. The molecule has 0 saturated carbocycles. The van der Waals surface area contributed by atoms with Crippen LogP contribution in [0.25, 0.3) is 0 Å². The van der Waals surface area contributed by atoms with Crippen molar-refractivity contribution in [1.29, 1.82) is 0 Å². The fourth-order valence-corrected chi connectivity index (χ4v) is 4.16. The van der Waals surface area contributed by atoms with Crippen LogP contribution in [0.4, 0.5) is 0 Å². The first-order valence-electron chi connectivity index (χ1n) is 9.26. The van der Waals surface area contributed by atoms with Gasteiger partial charge in [0.05, 0.1) is 11.3 Å². The SMILES string of the molecule is O=C(OCc1ccc2c(c1)OCO2)c1ccccc1SCC(=O)N1CCCC1. The average molecular weight is 399 g/mol. The van der Waals surface area contributed by atoms with E-state index in [1.807, 2.05) is 29.2 Å². The summed E-state index contributed by atoms with van der Waals surface area (Å²) < 4.78 is 16.1. The highest BCUT2D eigenvalue weighted by Gasteiger charge is 2.20. The molecule has 0 aliphatic carbocycles. The number of carbonyl (C=O) groups excluding carboxylic acids is 2. The van der Waals surface area contributed by atoms with E-state index in [2.05, 4.69) is 0 Å². The zero-order valence-corrected chi connectivity index (χ0v) is 16.2. The lowest BCUT2D eigenvalue weighted by Crippen LogP contribution is -2.29. The number of ether oxygens (including phenoxy) is 3. The summed E-state index contributed by atoms with van der Waals surface area (Å²) in [5.74, 6) is 1.39. The Morgan fingerprint density at radius 1 is 1.04 bits per heavy atom. The molecular weight excluding hydrogens is 378 g/mol. The number of rotatable bonds is 6. The Morgan fingerprint density at radius 3 is 2.68 bits per heavy atom. The van der Waals surface area contributed by atoms with Gasteiger partial charge in [-0.15, -0.1) is 11.8 Å². The van der Waals surface area contributed by atoms with E-state index in [4.69, 9.17) is 14.2 Å². The van der Waals surface area contributed by atoms with Crippen molar-refractivity contribution in [3.63, 3.8) is 0 Å². The molecule has 1 fully saturated rings. The Morgan fingerprint density at radius 2 is 1.82 bits per heavy atom. The van der Waals surface area contributed by atoms with Gasteiger partial charge in [-0.05, 0) is 42.7 Å². The molecule has 2 aliphatic heterocycles. The summed E-state index contributed by atoms with van der Waals surface area (Å²) in [7, 11) is 0. The fraction of sp³-hybridized carbons (Fsp3) is 0.333. The van der Waals surface area contributed by atoms with E-state index in [1.54, 1.807) is 18.2 Å². The number of likely N-dealkylation sites (tertiary alicyclic amines) is 1. The van der Waals surface area contributed by atoms with Crippen molar-refractivity contribution in [3.05, 3.63) is 53.6 Å². The number of hydrogen-bond acceptors (Lipinski definition) is 6. The van der Waals surface area contributed by atoms with Crippen LogP contribution in [0.3, 0.4) is 0 Å². The number of hydrogen-bond donors (Lipinski definition) is 0. The van der Waals surface area contributed by atoms with E-state index in [9.17, 15) is 9.59 Å². The average Bonchev–Trinajstić information content (AvgIpc) is 3.42. The minimum Gasteiger partial charge on any atom is -0.457 e. The predicted molar refractivity (Wildman–Crippen MR) is 105 cm³/mol. The number of benzene rings is 2. The van der Waals surface area contributed by atoms with Crippen LogP contribution in [0, 0.1) is 0 Å². The standard InChI is InChI=1S/C21H21NO5S/c23-20(22-9-3-4-10-22)13-28-19-6-2-1-5-16(19)21(24)25-12-15-7-8-17-18(11-15)27-14-26-17/h1-2,5-8,11H,3-4,9-10,12-14H2. The van der Waals surface area contributed by atoms with Crippen molar-refractivity contribution < 1.29 is 23.8 Å². The van der Waals surface area contributed by atoms with Crippen molar-refractivity contribution in [1.82, 2.24) is 4.90 Å². The van der Waals surface area contributed by atoms with Crippen LogP contribution in [-0.2, 0) is 16.1 Å². The highest BCUT2D eigenvalue weighted by atomic mass is 32.2. The Hall–Kier alpha value is -2.67. The normalized spacial score (nSPS) is 14.9. The summed E-state index contributed by atoms with van der Waals surface area (Å²) in [5.41, 5.74) is 1.30. The maximum absolute atomic E-state index is 12.6. The molecule has 4 rings (SSSR count). The van der Waals surface area contributed by atoms with Crippen LogP contribution in [-0.4, -0.2) is 42.4 Å². The molecule has 0 unspecified atom stereocenters. The molecule has 1 saturated heterocycles. The summed E-state index contributed by atoms with van der Waals surface area (Å²) in [5, 5.41) is 0. The van der Waals surface area contributed by atoms with Crippen LogP contribution in [0.1, 0.15) is 28.8 Å².